The summed E-state index contributed by atoms with van der Waals surface area (Å²) in [5, 5.41) is 5.81. The Hall–Kier alpha value is -2.58. The highest BCUT2D eigenvalue weighted by atomic mass is 32.2. The van der Waals surface area contributed by atoms with Crippen LogP contribution in [0, 0.1) is 0 Å². The molecule has 7 nitrogen and oxygen atoms in total. The minimum atomic E-state index is -3.44. The molecular weight excluding hydrogens is 390 g/mol. The van der Waals surface area contributed by atoms with Gasteiger partial charge in [-0.1, -0.05) is 6.42 Å². The molecule has 3 rings (SSSR count). The first kappa shape index (κ1) is 21.1. The van der Waals surface area contributed by atoms with E-state index >= 15 is 0 Å². The highest BCUT2D eigenvalue weighted by molar-refractivity contribution is 7.89. The Morgan fingerprint density at radius 1 is 0.966 bits per heavy atom. The third kappa shape index (κ3) is 5.71. The number of ether oxygens (including phenoxy) is 1. The highest BCUT2D eigenvalue weighted by Crippen LogP contribution is 2.22. The average molecular weight is 418 g/mol. The Kier molecular flexibility index (Phi) is 7.11. The predicted octanol–water partition coefficient (Wildman–Crippen LogP) is 3.31. The summed E-state index contributed by atoms with van der Waals surface area (Å²) in [4.78, 5) is 12.4. The molecule has 2 aromatic rings. The molecule has 1 fully saturated rings. The van der Waals surface area contributed by atoms with E-state index in [2.05, 4.69) is 10.6 Å². The maximum absolute atomic E-state index is 12.7. The Morgan fingerprint density at radius 3 is 2.21 bits per heavy atom. The van der Waals surface area contributed by atoms with Crippen molar-refractivity contribution in [1.29, 1.82) is 0 Å². The van der Waals surface area contributed by atoms with E-state index in [1.165, 1.54) is 0 Å². The number of nitrogens with one attached hydrogen (secondary N) is 2. The molecule has 0 aromatic heterocycles. The van der Waals surface area contributed by atoms with E-state index in [0.29, 0.717) is 31.1 Å². The van der Waals surface area contributed by atoms with Crippen molar-refractivity contribution in [3.05, 3.63) is 48.5 Å². The number of rotatable bonds is 8. The zero-order valence-electron chi connectivity index (χ0n) is 16.6. The van der Waals surface area contributed by atoms with E-state index in [1.54, 1.807) is 52.8 Å². The second-order valence-corrected chi connectivity index (χ2v) is 8.79. The average Bonchev–Trinajstić information content (AvgIpc) is 2.75. The molecule has 0 unspecified atom stereocenters. The van der Waals surface area contributed by atoms with Gasteiger partial charge < -0.3 is 15.4 Å². The molecule has 2 aromatic carbocycles. The van der Waals surface area contributed by atoms with Gasteiger partial charge in [-0.2, -0.15) is 4.31 Å². The lowest BCUT2D eigenvalue weighted by molar-refractivity contribution is -0.114. The molecule has 0 saturated carbocycles. The highest BCUT2D eigenvalue weighted by Gasteiger charge is 2.25. The number of carbonyl (C=O) groups excluding carboxylic acids is 1. The first-order valence-electron chi connectivity index (χ1n) is 9.86. The van der Waals surface area contributed by atoms with Crippen molar-refractivity contribution in [2.75, 3.05) is 36.9 Å². The minimum absolute atomic E-state index is 0.0748. The first-order valence-corrected chi connectivity index (χ1v) is 11.3. The van der Waals surface area contributed by atoms with Crippen molar-refractivity contribution in [3.63, 3.8) is 0 Å². The lowest BCUT2D eigenvalue weighted by atomic mass is 10.2. The second kappa shape index (κ2) is 9.76. The van der Waals surface area contributed by atoms with Crippen molar-refractivity contribution in [2.45, 2.75) is 31.1 Å². The van der Waals surface area contributed by atoms with Crippen LogP contribution in [0.15, 0.2) is 53.4 Å². The SMILES string of the molecule is CCOc1ccc(NC(=O)CNc2ccc(S(=O)(=O)N3CCCCC3)cc2)cc1. The van der Waals surface area contributed by atoms with Crippen LogP contribution in [0.25, 0.3) is 0 Å². The van der Waals surface area contributed by atoms with Crippen LogP contribution in [0.4, 0.5) is 11.4 Å². The summed E-state index contributed by atoms with van der Waals surface area (Å²) >= 11 is 0. The summed E-state index contributed by atoms with van der Waals surface area (Å²) in [6.07, 6.45) is 2.89. The van der Waals surface area contributed by atoms with Crippen LogP contribution < -0.4 is 15.4 Å². The Balaban J connectivity index is 1.52. The maximum Gasteiger partial charge on any atom is 0.243 e. The third-order valence-electron chi connectivity index (χ3n) is 4.71. The fourth-order valence-electron chi connectivity index (χ4n) is 3.19. The number of hydrogen-bond acceptors (Lipinski definition) is 5. The van der Waals surface area contributed by atoms with Crippen LogP contribution in [0.1, 0.15) is 26.2 Å². The summed E-state index contributed by atoms with van der Waals surface area (Å²) in [6, 6.07) is 13.7. The number of amides is 1. The van der Waals surface area contributed by atoms with E-state index in [4.69, 9.17) is 4.74 Å². The molecule has 156 valence electrons. The van der Waals surface area contributed by atoms with Crippen LogP contribution in [0.2, 0.25) is 0 Å². The van der Waals surface area contributed by atoms with Crippen molar-refractivity contribution < 1.29 is 17.9 Å². The van der Waals surface area contributed by atoms with E-state index in [-0.39, 0.29) is 17.3 Å². The number of piperidine rings is 1. The normalized spacial score (nSPS) is 14.9. The van der Waals surface area contributed by atoms with Gasteiger partial charge in [0.25, 0.3) is 0 Å². The lowest BCUT2D eigenvalue weighted by Crippen LogP contribution is -2.35. The molecule has 1 saturated heterocycles. The minimum Gasteiger partial charge on any atom is -0.494 e. The zero-order chi connectivity index (χ0) is 20.7. The van der Waals surface area contributed by atoms with Crippen LogP contribution in [0.3, 0.4) is 0 Å². The summed E-state index contributed by atoms with van der Waals surface area (Å²) in [6.45, 7) is 3.73. The van der Waals surface area contributed by atoms with Gasteiger partial charge in [-0.3, -0.25) is 4.79 Å². The molecule has 1 aliphatic rings. The first-order chi connectivity index (χ1) is 14.0. The monoisotopic (exact) mass is 417 g/mol. The molecule has 1 aliphatic heterocycles. The van der Waals surface area contributed by atoms with Gasteiger partial charge in [-0.05, 0) is 68.3 Å². The molecule has 1 heterocycles. The van der Waals surface area contributed by atoms with Gasteiger partial charge in [0.05, 0.1) is 18.0 Å². The van der Waals surface area contributed by atoms with Crippen LogP contribution >= 0.6 is 0 Å². The molecule has 1 amide bonds. The molecule has 0 bridgehead atoms. The zero-order valence-corrected chi connectivity index (χ0v) is 17.4. The van der Waals surface area contributed by atoms with Crippen LogP contribution in [-0.2, 0) is 14.8 Å². The molecule has 8 heteroatoms. The van der Waals surface area contributed by atoms with Crippen molar-refractivity contribution >= 4 is 27.3 Å². The number of benzene rings is 2. The maximum atomic E-state index is 12.7. The van der Waals surface area contributed by atoms with E-state index in [0.717, 1.165) is 25.0 Å². The molecule has 29 heavy (non-hydrogen) atoms. The van der Waals surface area contributed by atoms with Crippen molar-refractivity contribution in [1.82, 2.24) is 4.31 Å². The predicted molar refractivity (Wildman–Crippen MR) is 114 cm³/mol. The Bertz CT molecular complexity index is 906. The molecule has 0 spiro atoms. The number of hydrogen-bond donors (Lipinski definition) is 2. The second-order valence-electron chi connectivity index (χ2n) is 6.85. The quantitative estimate of drug-likeness (QED) is 0.688. The molecular formula is C21H27N3O4S. The number of anilines is 2. The van der Waals surface area contributed by atoms with Gasteiger partial charge in [-0.25, -0.2) is 8.42 Å². The van der Waals surface area contributed by atoms with Gasteiger partial charge in [-0.15, -0.1) is 0 Å². The Morgan fingerprint density at radius 2 is 1.59 bits per heavy atom. The topological polar surface area (TPSA) is 87.7 Å². The fraction of sp³-hybridized carbons (Fsp3) is 0.381. The summed E-state index contributed by atoms with van der Waals surface area (Å²) < 4.78 is 32.2. The largest absolute Gasteiger partial charge is 0.494 e. The summed E-state index contributed by atoms with van der Waals surface area (Å²) in [7, 11) is -3.44. The third-order valence-corrected chi connectivity index (χ3v) is 6.62. The van der Waals surface area contributed by atoms with Crippen LogP contribution in [-0.4, -0.2) is 44.9 Å². The van der Waals surface area contributed by atoms with Gasteiger partial charge in [0.1, 0.15) is 5.75 Å². The fourth-order valence-corrected chi connectivity index (χ4v) is 4.70. The molecule has 0 radical (unpaired) electrons. The number of nitrogens with zero attached hydrogens (tertiary/aromatic N) is 1. The summed E-state index contributed by atoms with van der Waals surface area (Å²) in [5.74, 6) is 0.558. The van der Waals surface area contributed by atoms with Gasteiger partial charge in [0.2, 0.25) is 15.9 Å². The standard InChI is InChI=1S/C21H27N3O4S/c1-2-28-19-10-6-18(7-11-19)23-21(25)16-22-17-8-12-20(13-9-17)29(26,27)24-14-4-3-5-15-24/h6-13,22H,2-5,14-16H2,1H3,(H,23,25). The van der Waals surface area contributed by atoms with Crippen molar-refractivity contribution in [3.8, 4) is 5.75 Å². The number of sulfonamides is 1. The Labute approximate surface area is 172 Å². The smallest absolute Gasteiger partial charge is 0.243 e. The lowest BCUT2D eigenvalue weighted by Gasteiger charge is -2.25. The molecule has 0 atom stereocenters. The van der Waals surface area contributed by atoms with E-state index in [9.17, 15) is 13.2 Å². The van der Waals surface area contributed by atoms with Gasteiger partial charge in [0.15, 0.2) is 0 Å². The van der Waals surface area contributed by atoms with Crippen LogP contribution in [0.5, 0.6) is 5.75 Å². The van der Waals surface area contributed by atoms with Gasteiger partial charge >= 0.3 is 0 Å². The van der Waals surface area contributed by atoms with E-state index < -0.39 is 10.0 Å². The van der Waals surface area contributed by atoms with Gasteiger partial charge in [0, 0.05) is 24.5 Å². The number of carbonyl (C=O) groups is 1. The molecule has 0 aliphatic carbocycles. The molecule has 2 N–H and O–H groups in total. The van der Waals surface area contributed by atoms with E-state index in [1.807, 2.05) is 6.92 Å². The van der Waals surface area contributed by atoms with Crippen molar-refractivity contribution in [2.24, 2.45) is 0 Å². The summed E-state index contributed by atoms with van der Waals surface area (Å²) in [5.41, 5.74) is 1.37.